The largest absolute Gasteiger partial charge is 0.355 e. The van der Waals surface area contributed by atoms with E-state index in [1.807, 2.05) is 0 Å². The maximum Gasteiger partial charge on any atom is 0.0491 e. The lowest BCUT2D eigenvalue weighted by Crippen LogP contribution is -2.33. The minimum atomic E-state index is 0.317. The average Bonchev–Trinajstić information content (AvgIpc) is 3.80. The second-order valence-corrected chi connectivity index (χ2v) is 16.0. The van der Waals surface area contributed by atoms with Crippen molar-refractivity contribution in [3.63, 3.8) is 0 Å². The predicted octanol–water partition coefficient (Wildman–Crippen LogP) is 12.4. The molecule has 57 heavy (non-hydrogen) atoms. The summed E-state index contributed by atoms with van der Waals surface area (Å²) >= 11 is 0. The minimum Gasteiger partial charge on any atom is -0.355 e. The van der Waals surface area contributed by atoms with Crippen LogP contribution in [0.1, 0.15) is 46.8 Å². The summed E-state index contributed by atoms with van der Waals surface area (Å²) in [6.07, 6.45) is 12.8. The van der Waals surface area contributed by atoms with Crippen molar-refractivity contribution in [3.8, 4) is 33.4 Å². The van der Waals surface area contributed by atoms with Gasteiger partial charge in [-0.15, -0.1) is 0 Å². The fraction of sp³-hybridized carbons (Fsp3) is 0.0909. The number of H-pyrrole nitrogens is 1. The summed E-state index contributed by atoms with van der Waals surface area (Å²) in [5, 5.41) is 9.23. The van der Waals surface area contributed by atoms with E-state index in [9.17, 15) is 0 Å². The van der Waals surface area contributed by atoms with Gasteiger partial charge in [0.05, 0.1) is 0 Å². The van der Waals surface area contributed by atoms with Crippen molar-refractivity contribution in [2.45, 2.75) is 25.2 Å². The van der Waals surface area contributed by atoms with Crippen LogP contribution in [0.25, 0.3) is 95.2 Å². The molecule has 7 aromatic carbocycles. The van der Waals surface area contributed by atoms with Gasteiger partial charge in [-0.3, -0.25) is 0 Å². The van der Waals surface area contributed by atoms with Crippen LogP contribution < -0.4 is 10.6 Å². The molecule has 3 aliphatic rings. The van der Waals surface area contributed by atoms with Crippen molar-refractivity contribution in [1.82, 2.24) is 9.55 Å². The molecular weight excluding hydrogens is 689 g/mol. The van der Waals surface area contributed by atoms with Crippen molar-refractivity contribution in [3.05, 3.63) is 196 Å². The van der Waals surface area contributed by atoms with E-state index < -0.39 is 0 Å². The number of fused-ring (bicyclic) bond motifs is 10. The highest BCUT2D eigenvalue weighted by molar-refractivity contribution is 6.07. The predicted molar refractivity (Wildman–Crippen MR) is 241 cm³/mol. The fourth-order valence-corrected chi connectivity index (χ4v) is 10.5. The van der Waals surface area contributed by atoms with Crippen molar-refractivity contribution < 1.29 is 0 Å². The molecule has 0 radical (unpaired) electrons. The Morgan fingerprint density at radius 3 is 1.95 bits per heavy atom. The average molecular weight is 729 g/mol. The Morgan fingerprint density at radius 1 is 0.579 bits per heavy atom. The molecule has 2 heteroatoms. The zero-order valence-electron chi connectivity index (χ0n) is 31.9. The third kappa shape index (κ3) is 4.90. The molecule has 270 valence electrons. The van der Waals surface area contributed by atoms with E-state index in [1.165, 1.54) is 116 Å². The Kier molecular flexibility index (Phi) is 7.13. The lowest BCUT2D eigenvalue weighted by Gasteiger charge is -2.25. The number of aromatic amines is 1. The number of nitrogens with zero attached hydrogens (tertiary/aromatic N) is 1. The third-order valence-corrected chi connectivity index (χ3v) is 13.0. The van der Waals surface area contributed by atoms with E-state index in [4.69, 9.17) is 0 Å². The Balaban J connectivity index is 0.994. The third-order valence-electron chi connectivity index (χ3n) is 13.0. The van der Waals surface area contributed by atoms with Gasteiger partial charge in [0, 0.05) is 45.8 Å². The molecule has 0 aliphatic heterocycles. The molecule has 0 fully saturated rings. The van der Waals surface area contributed by atoms with E-state index in [0.717, 1.165) is 19.3 Å². The van der Waals surface area contributed by atoms with Gasteiger partial charge >= 0.3 is 0 Å². The number of nitrogens with one attached hydrogen (secondary N) is 1. The standard InChI is InChI=1S/C55H40N2/c1-57-50-31-29-44-45(55(50)47-27-23-39(33-51(47)57)53-41-19-11-9-17-37(41)21-25-43(53)35-14-6-3-7-15-35)28-30-48-54(44)46-26-22-38(32-49(46)56-48)52-40-18-10-8-16-36(40)20-24-42(52)34-12-4-2-5-13-34/h2-21,23-25,27,29-33,45,56H,22,26,28H2,1H3. The Labute approximate surface area is 332 Å². The smallest absolute Gasteiger partial charge is 0.0491 e. The number of allylic oxidation sites excluding steroid dienone is 2. The van der Waals surface area contributed by atoms with Crippen molar-refractivity contribution >= 4 is 61.8 Å². The molecule has 0 saturated heterocycles. The number of aryl methyl sites for hydroxylation is 1. The van der Waals surface area contributed by atoms with Crippen LogP contribution in [0.3, 0.4) is 0 Å². The maximum absolute atomic E-state index is 3.93. The zero-order valence-corrected chi connectivity index (χ0v) is 31.9. The molecule has 1 N–H and O–H groups in total. The minimum absolute atomic E-state index is 0.317. The molecule has 0 saturated carbocycles. The van der Waals surface area contributed by atoms with Crippen LogP contribution in [0.2, 0.25) is 0 Å². The Bertz CT molecular complexity index is 3320. The summed E-state index contributed by atoms with van der Waals surface area (Å²) in [6.45, 7) is 0. The van der Waals surface area contributed by atoms with Crippen LogP contribution >= 0.6 is 0 Å². The van der Waals surface area contributed by atoms with Crippen LogP contribution in [-0.4, -0.2) is 9.55 Å². The molecule has 0 bridgehead atoms. The van der Waals surface area contributed by atoms with Gasteiger partial charge in [0.1, 0.15) is 0 Å². The van der Waals surface area contributed by atoms with Gasteiger partial charge in [-0.05, 0) is 120 Å². The van der Waals surface area contributed by atoms with E-state index >= 15 is 0 Å². The van der Waals surface area contributed by atoms with Gasteiger partial charge in [0.2, 0.25) is 0 Å². The maximum atomic E-state index is 3.93. The molecule has 1 unspecified atom stereocenters. The molecule has 12 rings (SSSR count). The van der Waals surface area contributed by atoms with E-state index in [2.05, 4.69) is 193 Å². The van der Waals surface area contributed by atoms with Gasteiger partial charge in [0.15, 0.2) is 0 Å². The zero-order chi connectivity index (χ0) is 37.6. The number of rotatable bonds is 4. The number of aromatic nitrogens is 2. The molecule has 3 aliphatic carbocycles. The highest BCUT2D eigenvalue weighted by Gasteiger charge is 2.31. The van der Waals surface area contributed by atoms with Crippen LogP contribution in [-0.2, 0) is 13.5 Å². The Morgan fingerprint density at radius 2 is 1.23 bits per heavy atom. The summed E-state index contributed by atoms with van der Waals surface area (Å²) in [4.78, 5) is 3.93. The summed E-state index contributed by atoms with van der Waals surface area (Å²) < 4.78 is 2.43. The first kappa shape index (κ1) is 32.4. The summed E-state index contributed by atoms with van der Waals surface area (Å²) in [5.74, 6) is 0.317. The first-order chi connectivity index (χ1) is 28.2. The van der Waals surface area contributed by atoms with Gasteiger partial charge in [-0.2, -0.15) is 0 Å². The van der Waals surface area contributed by atoms with E-state index in [1.54, 1.807) is 0 Å². The molecule has 2 heterocycles. The van der Waals surface area contributed by atoms with Crippen molar-refractivity contribution in [2.75, 3.05) is 0 Å². The second-order valence-electron chi connectivity index (χ2n) is 16.0. The molecule has 2 aromatic heterocycles. The van der Waals surface area contributed by atoms with E-state index in [0.29, 0.717) is 5.92 Å². The van der Waals surface area contributed by atoms with Gasteiger partial charge in [-0.1, -0.05) is 158 Å². The summed E-state index contributed by atoms with van der Waals surface area (Å²) in [6, 6.07) is 55.7. The summed E-state index contributed by atoms with van der Waals surface area (Å²) in [5.41, 5.74) is 18.7. The number of hydrogen-bond donors (Lipinski definition) is 1. The SMILES string of the molecule is Cn1c2c(c3ccc(-c4c(-c5ccccc5)ccc5ccccc45)cc31)C1CC=c3[nH]c4c(c3=C1C=C2)CCC(c1c(-c2ccccc2)ccc2ccccc12)=C4. The second kappa shape index (κ2) is 12.6. The lowest BCUT2D eigenvalue weighted by atomic mass is 9.78. The first-order valence-electron chi connectivity index (χ1n) is 20.3. The van der Waals surface area contributed by atoms with Crippen LogP contribution in [0.15, 0.2) is 158 Å². The van der Waals surface area contributed by atoms with Crippen molar-refractivity contribution in [2.24, 2.45) is 7.05 Å². The highest BCUT2D eigenvalue weighted by atomic mass is 15.0. The summed E-state index contributed by atoms with van der Waals surface area (Å²) in [7, 11) is 2.25. The number of hydrogen-bond acceptors (Lipinski definition) is 0. The van der Waals surface area contributed by atoms with Gasteiger partial charge in [0.25, 0.3) is 0 Å². The van der Waals surface area contributed by atoms with Gasteiger partial charge in [-0.25, -0.2) is 0 Å². The van der Waals surface area contributed by atoms with Crippen LogP contribution in [0, 0.1) is 0 Å². The monoisotopic (exact) mass is 728 g/mol. The first-order valence-corrected chi connectivity index (χ1v) is 20.3. The highest BCUT2D eigenvalue weighted by Crippen LogP contribution is 2.46. The molecular formula is C55H40N2. The molecule has 1 atom stereocenters. The molecule has 0 amide bonds. The van der Waals surface area contributed by atoms with Crippen molar-refractivity contribution in [1.29, 1.82) is 0 Å². The fourth-order valence-electron chi connectivity index (χ4n) is 10.5. The van der Waals surface area contributed by atoms with Crippen LogP contribution in [0.5, 0.6) is 0 Å². The Hall–Kier alpha value is -6.90. The van der Waals surface area contributed by atoms with E-state index in [-0.39, 0.29) is 0 Å². The number of benzene rings is 7. The van der Waals surface area contributed by atoms with Gasteiger partial charge < -0.3 is 9.55 Å². The molecule has 2 nitrogen and oxygen atoms in total. The molecule has 9 aromatic rings. The lowest BCUT2D eigenvalue weighted by molar-refractivity contribution is 0.861. The normalized spacial score (nSPS) is 15.6. The molecule has 0 spiro atoms. The quantitative estimate of drug-likeness (QED) is 0.186. The topological polar surface area (TPSA) is 20.7 Å². The van der Waals surface area contributed by atoms with Crippen LogP contribution in [0.4, 0.5) is 0 Å².